The van der Waals surface area contributed by atoms with Crippen LogP contribution in [0.1, 0.15) is 11.1 Å². The lowest BCUT2D eigenvalue weighted by Crippen LogP contribution is -2.04. The monoisotopic (exact) mass is 194 g/mol. The van der Waals surface area contributed by atoms with Crippen LogP contribution in [-0.2, 0) is 0 Å². The smallest absolute Gasteiger partial charge is 0.129 e. The minimum Gasteiger partial charge on any atom is -0.309 e. The highest BCUT2D eigenvalue weighted by atomic mass is 35.5. The lowest BCUT2D eigenvalue weighted by atomic mass is 10.2. The van der Waals surface area contributed by atoms with Crippen molar-refractivity contribution in [3.8, 4) is 11.8 Å². The average Bonchev–Trinajstić information content (AvgIpc) is 2.09. The van der Waals surface area contributed by atoms with Crippen LogP contribution in [0.2, 0.25) is 5.15 Å². The van der Waals surface area contributed by atoms with E-state index in [0.29, 0.717) is 11.7 Å². The second-order valence-corrected chi connectivity index (χ2v) is 3.04. The second-order valence-electron chi connectivity index (χ2n) is 2.65. The Hall–Kier alpha value is -1.04. The number of aromatic nitrogens is 1. The zero-order valence-electron chi connectivity index (χ0n) is 7.69. The van der Waals surface area contributed by atoms with Crippen LogP contribution in [0.3, 0.4) is 0 Å². The number of nitrogens with zero attached hydrogens (tertiary/aromatic N) is 1. The average molecular weight is 195 g/mol. The van der Waals surface area contributed by atoms with Gasteiger partial charge in [0.2, 0.25) is 0 Å². The van der Waals surface area contributed by atoms with Crippen molar-refractivity contribution < 1.29 is 0 Å². The highest BCUT2D eigenvalue weighted by Gasteiger charge is 1.95. The van der Waals surface area contributed by atoms with Gasteiger partial charge in [-0.25, -0.2) is 4.98 Å². The number of nitrogens with one attached hydrogen (secondary N) is 1. The molecule has 0 radical (unpaired) electrons. The van der Waals surface area contributed by atoms with Gasteiger partial charge in [-0.2, -0.15) is 0 Å². The van der Waals surface area contributed by atoms with Crippen molar-refractivity contribution in [2.45, 2.75) is 6.92 Å². The van der Waals surface area contributed by atoms with Gasteiger partial charge in [-0.05, 0) is 25.6 Å². The zero-order chi connectivity index (χ0) is 9.68. The van der Waals surface area contributed by atoms with E-state index in [1.165, 1.54) is 0 Å². The molecule has 1 rings (SSSR count). The van der Waals surface area contributed by atoms with Gasteiger partial charge < -0.3 is 5.32 Å². The molecule has 0 atom stereocenters. The van der Waals surface area contributed by atoms with E-state index in [-0.39, 0.29) is 0 Å². The van der Waals surface area contributed by atoms with Crippen molar-refractivity contribution in [2.24, 2.45) is 0 Å². The highest BCUT2D eigenvalue weighted by molar-refractivity contribution is 6.29. The molecule has 13 heavy (non-hydrogen) atoms. The van der Waals surface area contributed by atoms with E-state index in [4.69, 9.17) is 11.6 Å². The van der Waals surface area contributed by atoms with Gasteiger partial charge in [-0.3, -0.25) is 0 Å². The Morgan fingerprint density at radius 1 is 1.62 bits per heavy atom. The Morgan fingerprint density at radius 3 is 3.00 bits per heavy atom. The summed E-state index contributed by atoms with van der Waals surface area (Å²) in [7, 11) is 1.86. The molecule has 0 aliphatic carbocycles. The molecule has 0 saturated carbocycles. The van der Waals surface area contributed by atoms with Gasteiger partial charge >= 0.3 is 0 Å². The summed E-state index contributed by atoms with van der Waals surface area (Å²) in [6.45, 7) is 2.65. The van der Waals surface area contributed by atoms with Crippen LogP contribution >= 0.6 is 11.6 Å². The summed E-state index contributed by atoms with van der Waals surface area (Å²) in [6, 6.07) is 1.81. The molecule has 1 aromatic rings. The van der Waals surface area contributed by atoms with Crippen molar-refractivity contribution in [2.75, 3.05) is 13.6 Å². The highest BCUT2D eigenvalue weighted by Crippen LogP contribution is 2.10. The van der Waals surface area contributed by atoms with Gasteiger partial charge in [0.25, 0.3) is 0 Å². The van der Waals surface area contributed by atoms with Gasteiger partial charge in [0, 0.05) is 11.8 Å². The lowest BCUT2D eigenvalue weighted by molar-refractivity contribution is 0.938. The molecule has 0 bridgehead atoms. The number of pyridine rings is 1. The van der Waals surface area contributed by atoms with E-state index < -0.39 is 0 Å². The summed E-state index contributed by atoms with van der Waals surface area (Å²) in [5.41, 5.74) is 1.99. The molecular weight excluding hydrogens is 184 g/mol. The first-order valence-corrected chi connectivity index (χ1v) is 4.37. The number of halogens is 1. The summed E-state index contributed by atoms with van der Waals surface area (Å²) in [6.07, 6.45) is 1.69. The Kier molecular flexibility index (Phi) is 3.75. The van der Waals surface area contributed by atoms with Crippen molar-refractivity contribution in [1.82, 2.24) is 10.3 Å². The van der Waals surface area contributed by atoms with Crippen molar-refractivity contribution >= 4 is 11.6 Å². The molecule has 1 aromatic heterocycles. The predicted molar refractivity (Wildman–Crippen MR) is 54.8 cm³/mol. The molecule has 0 unspecified atom stereocenters. The van der Waals surface area contributed by atoms with E-state index in [1.54, 1.807) is 6.20 Å². The van der Waals surface area contributed by atoms with Crippen LogP contribution < -0.4 is 5.32 Å². The third-order valence-electron chi connectivity index (χ3n) is 1.57. The summed E-state index contributed by atoms with van der Waals surface area (Å²) in [5, 5.41) is 3.46. The van der Waals surface area contributed by atoms with Crippen LogP contribution in [0.15, 0.2) is 12.3 Å². The van der Waals surface area contributed by atoms with Gasteiger partial charge in [-0.15, -0.1) is 0 Å². The normalized spacial score (nSPS) is 9.15. The van der Waals surface area contributed by atoms with Crippen LogP contribution in [-0.4, -0.2) is 18.6 Å². The zero-order valence-corrected chi connectivity index (χ0v) is 8.44. The summed E-state index contributed by atoms with van der Waals surface area (Å²) in [5.74, 6) is 5.97. The lowest BCUT2D eigenvalue weighted by Gasteiger charge is -1.96. The van der Waals surface area contributed by atoms with E-state index in [2.05, 4.69) is 22.1 Å². The third kappa shape index (κ3) is 3.06. The molecular formula is C10H11ClN2. The van der Waals surface area contributed by atoms with Crippen LogP contribution in [0.25, 0.3) is 0 Å². The van der Waals surface area contributed by atoms with Gasteiger partial charge in [0.1, 0.15) is 5.15 Å². The minimum atomic E-state index is 0.511. The minimum absolute atomic E-state index is 0.511. The standard InChI is InChI=1S/C10H11ClN2/c1-8-6-10(11)13-7-9(8)4-3-5-12-2/h6-7,12H,5H2,1-2H3. The molecule has 0 aromatic carbocycles. The van der Waals surface area contributed by atoms with Gasteiger partial charge in [-0.1, -0.05) is 23.4 Å². The number of rotatable bonds is 1. The fourth-order valence-corrected chi connectivity index (χ4v) is 1.09. The van der Waals surface area contributed by atoms with E-state index in [0.717, 1.165) is 11.1 Å². The molecule has 2 nitrogen and oxygen atoms in total. The fourth-order valence-electron chi connectivity index (χ4n) is 0.880. The van der Waals surface area contributed by atoms with E-state index in [1.807, 2.05) is 20.0 Å². The Morgan fingerprint density at radius 2 is 2.38 bits per heavy atom. The van der Waals surface area contributed by atoms with Crippen LogP contribution in [0.4, 0.5) is 0 Å². The molecule has 0 saturated heterocycles. The SMILES string of the molecule is CNCC#Cc1cnc(Cl)cc1C. The Labute approximate surface area is 83.3 Å². The number of aryl methyl sites for hydroxylation is 1. The molecule has 0 spiro atoms. The quantitative estimate of drug-likeness (QED) is 0.543. The number of hydrogen-bond acceptors (Lipinski definition) is 2. The van der Waals surface area contributed by atoms with Gasteiger partial charge in [0.15, 0.2) is 0 Å². The topological polar surface area (TPSA) is 24.9 Å². The van der Waals surface area contributed by atoms with E-state index in [9.17, 15) is 0 Å². The maximum atomic E-state index is 5.71. The third-order valence-corrected chi connectivity index (χ3v) is 1.77. The molecule has 0 aliphatic heterocycles. The summed E-state index contributed by atoms with van der Waals surface area (Å²) >= 11 is 5.71. The second kappa shape index (κ2) is 4.86. The predicted octanol–water partition coefficient (Wildman–Crippen LogP) is 1.61. The summed E-state index contributed by atoms with van der Waals surface area (Å²) in [4.78, 5) is 3.96. The van der Waals surface area contributed by atoms with Crippen LogP contribution in [0.5, 0.6) is 0 Å². The first kappa shape index (κ1) is 10.0. The van der Waals surface area contributed by atoms with Crippen LogP contribution in [0, 0.1) is 18.8 Å². The maximum Gasteiger partial charge on any atom is 0.129 e. The first-order valence-electron chi connectivity index (χ1n) is 3.99. The molecule has 0 amide bonds. The Bertz CT molecular complexity index is 350. The molecule has 1 N–H and O–H groups in total. The molecule has 68 valence electrons. The maximum absolute atomic E-state index is 5.71. The largest absolute Gasteiger partial charge is 0.309 e. The van der Waals surface area contributed by atoms with Gasteiger partial charge in [0.05, 0.1) is 6.54 Å². The molecule has 0 fully saturated rings. The number of hydrogen-bond donors (Lipinski definition) is 1. The van der Waals surface area contributed by atoms with Crippen molar-refractivity contribution in [3.63, 3.8) is 0 Å². The van der Waals surface area contributed by atoms with E-state index >= 15 is 0 Å². The molecule has 1 heterocycles. The van der Waals surface area contributed by atoms with Crippen molar-refractivity contribution in [3.05, 3.63) is 28.5 Å². The molecule has 0 aliphatic rings. The Balaban J connectivity index is 2.85. The molecule has 3 heteroatoms. The fraction of sp³-hybridized carbons (Fsp3) is 0.300. The summed E-state index contributed by atoms with van der Waals surface area (Å²) < 4.78 is 0. The van der Waals surface area contributed by atoms with Crippen molar-refractivity contribution in [1.29, 1.82) is 0 Å². The first-order chi connectivity index (χ1) is 6.24.